The van der Waals surface area contributed by atoms with Gasteiger partial charge in [0.2, 0.25) is 0 Å². The van der Waals surface area contributed by atoms with Gasteiger partial charge in [-0.05, 0) is 17.7 Å². The predicted octanol–water partition coefficient (Wildman–Crippen LogP) is 1.24. The zero-order chi connectivity index (χ0) is 8.27. The molecule has 0 fully saturated rings. The van der Waals surface area contributed by atoms with E-state index in [0.717, 1.165) is 5.56 Å². The van der Waals surface area contributed by atoms with Crippen LogP contribution < -0.4 is 11.5 Å². The molecular formula is C8H11FN2. The Morgan fingerprint density at radius 2 is 2.18 bits per heavy atom. The molecule has 0 saturated carbocycles. The van der Waals surface area contributed by atoms with E-state index in [2.05, 4.69) is 0 Å². The predicted molar refractivity (Wildman–Crippen MR) is 43.8 cm³/mol. The summed E-state index contributed by atoms with van der Waals surface area (Å²) in [6.07, 6.45) is 0. The summed E-state index contributed by atoms with van der Waals surface area (Å²) in [4.78, 5) is 0. The normalized spacial score (nSPS) is 12.9. The number of hydrogen-bond donors (Lipinski definition) is 2. The molecule has 2 nitrogen and oxygen atoms in total. The summed E-state index contributed by atoms with van der Waals surface area (Å²) in [6, 6.07) is 6.41. The summed E-state index contributed by atoms with van der Waals surface area (Å²) in [7, 11) is 0. The van der Waals surface area contributed by atoms with Crippen LogP contribution in [0.1, 0.15) is 11.6 Å². The summed E-state index contributed by atoms with van der Waals surface area (Å²) in [5.74, 6) is 0. The smallest absolute Gasteiger partial charge is 0.109 e. The van der Waals surface area contributed by atoms with Gasteiger partial charge in [-0.2, -0.15) is 0 Å². The van der Waals surface area contributed by atoms with Crippen molar-refractivity contribution in [1.82, 2.24) is 0 Å². The lowest BCUT2D eigenvalue weighted by Crippen LogP contribution is -2.12. The Bertz CT molecular complexity index is 237. The fraction of sp³-hybridized carbons (Fsp3) is 0.250. The largest absolute Gasteiger partial charge is 0.399 e. The maximum Gasteiger partial charge on any atom is 0.109 e. The van der Waals surface area contributed by atoms with Crippen LogP contribution in [-0.4, -0.2) is 6.67 Å². The lowest BCUT2D eigenvalue weighted by molar-refractivity contribution is 0.437. The van der Waals surface area contributed by atoms with Crippen molar-refractivity contribution in [2.75, 3.05) is 12.4 Å². The van der Waals surface area contributed by atoms with E-state index >= 15 is 0 Å². The van der Waals surface area contributed by atoms with Crippen molar-refractivity contribution in [2.45, 2.75) is 6.04 Å². The Labute approximate surface area is 65.0 Å². The number of anilines is 1. The molecule has 1 aromatic carbocycles. The van der Waals surface area contributed by atoms with Gasteiger partial charge in [-0.3, -0.25) is 0 Å². The zero-order valence-corrected chi connectivity index (χ0v) is 6.13. The highest BCUT2D eigenvalue weighted by atomic mass is 19.1. The maximum absolute atomic E-state index is 12.0. The van der Waals surface area contributed by atoms with Crippen LogP contribution in [0.4, 0.5) is 10.1 Å². The average molecular weight is 154 g/mol. The number of nitrogen functional groups attached to an aromatic ring is 1. The summed E-state index contributed by atoms with van der Waals surface area (Å²) in [5.41, 5.74) is 12.3. The van der Waals surface area contributed by atoms with Crippen molar-refractivity contribution in [3.05, 3.63) is 29.8 Å². The van der Waals surface area contributed by atoms with Crippen LogP contribution in [0.25, 0.3) is 0 Å². The van der Waals surface area contributed by atoms with E-state index in [0.29, 0.717) is 5.69 Å². The monoisotopic (exact) mass is 154 g/mol. The first-order valence-electron chi connectivity index (χ1n) is 3.41. The zero-order valence-electron chi connectivity index (χ0n) is 6.13. The van der Waals surface area contributed by atoms with E-state index in [-0.39, 0.29) is 0 Å². The van der Waals surface area contributed by atoms with E-state index < -0.39 is 12.7 Å². The molecule has 11 heavy (non-hydrogen) atoms. The number of nitrogens with two attached hydrogens (primary N) is 2. The Hall–Kier alpha value is -1.09. The van der Waals surface area contributed by atoms with E-state index in [4.69, 9.17) is 11.5 Å². The summed E-state index contributed by atoms with van der Waals surface area (Å²) < 4.78 is 12.0. The van der Waals surface area contributed by atoms with Gasteiger partial charge in [0.15, 0.2) is 0 Å². The van der Waals surface area contributed by atoms with Crippen LogP contribution in [0.3, 0.4) is 0 Å². The van der Waals surface area contributed by atoms with Crippen molar-refractivity contribution in [3.8, 4) is 0 Å². The molecule has 4 N–H and O–H groups in total. The molecule has 60 valence electrons. The summed E-state index contributed by atoms with van der Waals surface area (Å²) in [5, 5.41) is 0. The van der Waals surface area contributed by atoms with E-state index in [1.807, 2.05) is 0 Å². The highest BCUT2D eigenvalue weighted by Crippen LogP contribution is 2.13. The number of benzene rings is 1. The third-order valence-electron chi connectivity index (χ3n) is 1.51. The van der Waals surface area contributed by atoms with Crippen molar-refractivity contribution in [2.24, 2.45) is 5.73 Å². The highest BCUT2D eigenvalue weighted by Gasteiger charge is 2.03. The molecule has 0 aromatic heterocycles. The molecule has 0 aliphatic heterocycles. The Balaban J connectivity index is 2.86. The first kappa shape index (κ1) is 8.01. The van der Waals surface area contributed by atoms with Gasteiger partial charge in [-0.25, -0.2) is 4.39 Å². The Morgan fingerprint density at radius 1 is 1.45 bits per heavy atom. The van der Waals surface area contributed by atoms with Gasteiger partial charge in [0.1, 0.15) is 6.67 Å². The van der Waals surface area contributed by atoms with E-state index in [1.165, 1.54) is 0 Å². The molecule has 3 heteroatoms. The van der Waals surface area contributed by atoms with Crippen molar-refractivity contribution >= 4 is 5.69 Å². The molecule has 0 heterocycles. The molecule has 0 bridgehead atoms. The van der Waals surface area contributed by atoms with Gasteiger partial charge in [0.05, 0.1) is 6.04 Å². The number of alkyl halides is 1. The quantitative estimate of drug-likeness (QED) is 0.629. The second kappa shape index (κ2) is 3.34. The minimum Gasteiger partial charge on any atom is -0.399 e. The van der Waals surface area contributed by atoms with Crippen LogP contribution in [0.2, 0.25) is 0 Å². The van der Waals surface area contributed by atoms with Crippen LogP contribution in [0.15, 0.2) is 24.3 Å². The minimum absolute atomic E-state index is 0.543. The van der Waals surface area contributed by atoms with Crippen molar-refractivity contribution in [1.29, 1.82) is 0 Å². The molecule has 0 aliphatic carbocycles. The third-order valence-corrected chi connectivity index (χ3v) is 1.51. The molecule has 0 aliphatic rings. The van der Waals surface area contributed by atoms with E-state index in [1.54, 1.807) is 24.3 Å². The Kier molecular flexibility index (Phi) is 2.44. The number of rotatable bonds is 2. The fourth-order valence-corrected chi connectivity index (χ4v) is 0.879. The average Bonchev–Trinajstić information content (AvgIpc) is 2.03. The second-order valence-electron chi connectivity index (χ2n) is 2.43. The molecule has 0 amide bonds. The highest BCUT2D eigenvalue weighted by molar-refractivity contribution is 5.41. The molecular weight excluding hydrogens is 143 g/mol. The first-order valence-corrected chi connectivity index (χ1v) is 3.41. The van der Waals surface area contributed by atoms with Crippen LogP contribution in [0.5, 0.6) is 0 Å². The van der Waals surface area contributed by atoms with Gasteiger partial charge in [0, 0.05) is 5.69 Å². The van der Waals surface area contributed by atoms with Gasteiger partial charge in [0.25, 0.3) is 0 Å². The number of hydrogen-bond acceptors (Lipinski definition) is 2. The molecule has 1 rings (SSSR count). The van der Waals surface area contributed by atoms with Gasteiger partial charge < -0.3 is 11.5 Å². The lowest BCUT2D eigenvalue weighted by atomic mass is 10.1. The van der Waals surface area contributed by atoms with E-state index in [9.17, 15) is 4.39 Å². The van der Waals surface area contributed by atoms with Gasteiger partial charge in [-0.1, -0.05) is 12.1 Å². The van der Waals surface area contributed by atoms with Crippen molar-refractivity contribution in [3.63, 3.8) is 0 Å². The summed E-state index contributed by atoms with van der Waals surface area (Å²) in [6.45, 7) is -0.552. The third kappa shape index (κ3) is 1.91. The number of halogens is 1. The maximum atomic E-state index is 12.0. The topological polar surface area (TPSA) is 52.0 Å². The molecule has 1 atom stereocenters. The van der Waals surface area contributed by atoms with Crippen LogP contribution in [0, 0.1) is 0 Å². The van der Waals surface area contributed by atoms with Crippen molar-refractivity contribution < 1.29 is 4.39 Å². The molecule has 0 saturated heterocycles. The van der Waals surface area contributed by atoms with Gasteiger partial charge >= 0.3 is 0 Å². The van der Waals surface area contributed by atoms with Crippen LogP contribution >= 0.6 is 0 Å². The molecule has 0 spiro atoms. The molecule has 0 radical (unpaired) electrons. The van der Waals surface area contributed by atoms with Gasteiger partial charge in [-0.15, -0.1) is 0 Å². The lowest BCUT2D eigenvalue weighted by Gasteiger charge is -2.06. The first-order chi connectivity index (χ1) is 5.24. The summed E-state index contributed by atoms with van der Waals surface area (Å²) >= 11 is 0. The standard InChI is InChI=1S/C8H11FN2/c9-5-8(11)6-2-1-3-7(10)4-6/h1-4,8H,5,10-11H2. The minimum atomic E-state index is -0.552. The Morgan fingerprint density at radius 3 is 2.73 bits per heavy atom. The molecule has 1 aromatic rings. The molecule has 1 unspecified atom stereocenters. The second-order valence-corrected chi connectivity index (χ2v) is 2.43. The van der Waals surface area contributed by atoms with Crippen LogP contribution in [-0.2, 0) is 0 Å². The fourth-order valence-electron chi connectivity index (χ4n) is 0.879. The SMILES string of the molecule is Nc1cccc(C(N)CF)c1.